The highest BCUT2D eigenvalue weighted by Crippen LogP contribution is 2.30. The molecule has 1 aromatic heterocycles. The summed E-state index contributed by atoms with van der Waals surface area (Å²) in [5.74, 6) is 2.42. The molecule has 8 heteroatoms. The summed E-state index contributed by atoms with van der Waals surface area (Å²) in [6.07, 6.45) is 2.57. The standard InChI is InChI=1S/C16H24N6O2/c1-22(2)9-5-8-17-16-20-15(11-18-21-16)19-12-6-7-13(23-3)14(10-12)24-4/h6-7,10-11H,5,8-9H2,1-4H3,(H2,17,19,20,21). The molecule has 130 valence electrons. The average molecular weight is 332 g/mol. The van der Waals surface area contributed by atoms with Crippen LogP contribution in [0.2, 0.25) is 0 Å². The number of aromatic nitrogens is 3. The van der Waals surface area contributed by atoms with Crippen molar-refractivity contribution < 1.29 is 9.47 Å². The van der Waals surface area contributed by atoms with Crippen LogP contribution in [0, 0.1) is 0 Å². The minimum Gasteiger partial charge on any atom is -0.493 e. The minimum absolute atomic E-state index is 0.499. The van der Waals surface area contributed by atoms with E-state index in [-0.39, 0.29) is 0 Å². The van der Waals surface area contributed by atoms with Crippen LogP contribution in [0.4, 0.5) is 17.5 Å². The number of nitrogens with one attached hydrogen (secondary N) is 2. The lowest BCUT2D eigenvalue weighted by Gasteiger charge is -2.12. The molecule has 0 saturated carbocycles. The molecule has 24 heavy (non-hydrogen) atoms. The van der Waals surface area contributed by atoms with Gasteiger partial charge >= 0.3 is 0 Å². The van der Waals surface area contributed by atoms with Crippen LogP contribution in [-0.4, -0.2) is 61.5 Å². The monoisotopic (exact) mass is 332 g/mol. The van der Waals surface area contributed by atoms with Gasteiger partial charge in [0.2, 0.25) is 5.95 Å². The van der Waals surface area contributed by atoms with Crippen molar-refractivity contribution in [2.75, 3.05) is 52.0 Å². The summed E-state index contributed by atoms with van der Waals surface area (Å²) in [5, 5.41) is 14.3. The number of hydrogen-bond acceptors (Lipinski definition) is 8. The first kappa shape index (κ1) is 17.7. The second-order valence-electron chi connectivity index (χ2n) is 5.44. The summed E-state index contributed by atoms with van der Waals surface area (Å²) < 4.78 is 10.5. The molecular formula is C16H24N6O2. The SMILES string of the molecule is COc1ccc(Nc2cnnc(NCCCN(C)C)n2)cc1OC. The van der Waals surface area contributed by atoms with Gasteiger partial charge in [-0.05, 0) is 39.2 Å². The quantitative estimate of drug-likeness (QED) is 0.675. The number of benzene rings is 1. The van der Waals surface area contributed by atoms with Gasteiger partial charge in [-0.25, -0.2) is 0 Å². The molecule has 0 aliphatic carbocycles. The van der Waals surface area contributed by atoms with E-state index in [9.17, 15) is 0 Å². The fourth-order valence-corrected chi connectivity index (χ4v) is 2.10. The van der Waals surface area contributed by atoms with Crippen molar-refractivity contribution in [3.63, 3.8) is 0 Å². The molecule has 0 atom stereocenters. The van der Waals surface area contributed by atoms with Gasteiger partial charge < -0.3 is 25.0 Å². The highest BCUT2D eigenvalue weighted by atomic mass is 16.5. The molecule has 8 nitrogen and oxygen atoms in total. The summed E-state index contributed by atoms with van der Waals surface area (Å²) in [7, 11) is 7.30. The predicted octanol–water partition coefficient (Wildman–Crippen LogP) is 2.00. The van der Waals surface area contributed by atoms with Crippen LogP contribution in [0.1, 0.15) is 6.42 Å². The summed E-state index contributed by atoms with van der Waals surface area (Å²) in [6, 6.07) is 5.55. The highest BCUT2D eigenvalue weighted by Gasteiger charge is 2.06. The molecule has 2 N–H and O–H groups in total. The Kier molecular flexibility index (Phi) is 6.56. The number of nitrogens with zero attached hydrogens (tertiary/aromatic N) is 4. The fourth-order valence-electron chi connectivity index (χ4n) is 2.10. The van der Waals surface area contributed by atoms with Gasteiger partial charge in [-0.1, -0.05) is 0 Å². The van der Waals surface area contributed by atoms with Gasteiger partial charge in [-0.3, -0.25) is 0 Å². The molecule has 0 bridgehead atoms. The maximum Gasteiger partial charge on any atom is 0.244 e. The summed E-state index contributed by atoms with van der Waals surface area (Å²) in [5.41, 5.74) is 0.826. The third-order valence-corrected chi connectivity index (χ3v) is 3.28. The Bertz CT molecular complexity index is 650. The normalized spacial score (nSPS) is 10.5. The van der Waals surface area contributed by atoms with Crippen LogP contribution in [-0.2, 0) is 0 Å². The molecule has 0 aliphatic rings. The Labute approximate surface area is 142 Å². The van der Waals surface area contributed by atoms with Crippen molar-refractivity contribution in [3.05, 3.63) is 24.4 Å². The minimum atomic E-state index is 0.499. The molecule has 0 spiro atoms. The van der Waals surface area contributed by atoms with E-state index in [1.807, 2.05) is 32.3 Å². The number of rotatable bonds is 9. The fraction of sp³-hybridized carbons (Fsp3) is 0.438. The Hall–Kier alpha value is -2.61. The smallest absolute Gasteiger partial charge is 0.244 e. The van der Waals surface area contributed by atoms with Gasteiger partial charge in [0.25, 0.3) is 0 Å². The zero-order chi connectivity index (χ0) is 17.4. The Morgan fingerprint density at radius 1 is 1.12 bits per heavy atom. The van der Waals surface area contributed by atoms with Gasteiger partial charge in [0.1, 0.15) is 0 Å². The molecule has 0 unspecified atom stereocenters. The molecule has 2 rings (SSSR count). The molecule has 0 radical (unpaired) electrons. The zero-order valence-corrected chi connectivity index (χ0v) is 14.5. The van der Waals surface area contributed by atoms with Gasteiger partial charge in [0, 0.05) is 18.3 Å². The third-order valence-electron chi connectivity index (χ3n) is 3.28. The van der Waals surface area contributed by atoms with E-state index in [1.54, 1.807) is 20.4 Å². The van der Waals surface area contributed by atoms with Crippen molar-refractivity contribution in [2.24, 2.45) is 0 Å². The van der Waals surface area contributed by atoms with E-state index >= 15 is 0 Å². The van der Waals surface area contributed by atoms with E-state index < -0.39 is 0 Å². The lowest BCUT2D eigenvalue weighted by Crippen LogP contribution is -2.17. The zero-order valence-electron chi connectivity index (χ0n) is 14.5. The average Bonchev–Trinajstić information content (AvgIpc) is 2.59. The number of anilines is 3. The van der Waals surface area contributed by atoms with Crippen LogP contribution in [0.15, 0.2) is 24.4 Å². The van der Waals surface area contributed by atoms with Gasteiger partial charge in [-0.2, -0.15) is 10.1 Å². The first-order chi connectivity index (χ1) is 11.6. The third kappa shape index (κ3) is 5.24. The second kappa shape index (κ2) is 8.88. The van der Waals surface area contributed by atoms with Crippen molar-refractivity contribution in [2.45, 2.75) is 6.42 Å². The van der Waals surface area contributed by atoms with Crippen LogP contribution in [0.5, 0.6) is 11.5 Å². The lowest BCUT2D eigenvalue weighted by atomic mass is 10.2. The Morgan fingerprint density at radius 3 is 2.62 bits per heavy atom. The number of hydrogen-bond donors (Lipinski definition) is 2. The van der Waals surface area contributed by atoms with E-state index in [1.165, 1.54) is 0 Å². The van der Waals surface area contributed by atoms with E-state index in [4.69, 9.17) is 9.47 Å². The first-order valence-corrected chi connectivity index (χ1v) is 7.69. The van der Waals surface area contributed by atoms with Crippen molar-refractivity contribution in [1.29, 1.82) is 0 Å². The number of methoxy groups -OCH3 is 2. The van der Waals surface area contributed by atoms with Crippen LogP contribution in [0.25, 0.3) is 0 Å². The maximum atomic E-state index is 5.29. The van der Waals surface area contributed by atoms with Gasteiger partial charge in [0.05, 0.1) is 20.4 Å². The van der Waals surface area contributed by atoms with Crippen molar-refractivity contribution in [1.82, 2.24) is 20.1 Å². The van der Waals surface area contributed by atoms with E-state index in [0.717, 1.165) is 25.2 Å². The molecule has 0 saturated heterocycles. The second-order valence-corrected chi connectivity index (χ2v) is 5.44. The van der Waals surface area contributed by atoms with Crippen LogP contribution < -0.4 is 20.1 Å². The van der Waals surface area contributed by atoms with Crippen molar-refractivity contribution >= 4 is 17.5 Å². The molecule has 2 aromatic rings. The molecule has 0 fully saturated rings. The molecular weight excluding hydrogens is 308 g/mol. The van der Waals surface area contributed by atoms with Gasteiger partial charge in [-0.15, -0.1) is 5.10 Å². The highest BCUT2D eigenvalue weighted by molar-refractivity contribution is 5.61. The van der Waals surface area contributed by atoms with Gasteiger partial charge in [0.15, 0.2) is 17.3 Å². The summed E-state index contributed by atoms with van der Waals surface area (Å²) >= 11 is 0. The molecule has 1 heterocycles. The lowest BCUT2D eigenvalue weighted by molar-refractivity contribution is 0.355. The molecule has 1 aromatic carbocycles. The molecule has 0 amide bonds. The van der Waals surface area contributed by atoms with Crippen LogP contribution >= 0.6 is 0 Å². The molecule has 0 aliphatic heterocycles. The Morgan fingerprint density at radius 2 is 1.92 bits per heavy atom. The Balaban J connectivity index is 1.99. The van der Waals surface area contributed by atoms with E-state index in [0.29, 0.717) is 23.3 Å². The number of ether oxygens (including phenoxy) is 2. The van der Waals surface area contributed by atoms with E-state index in [2.05, 4.69) is 30.7 Å². The predicted molar refractivity (Wildman–Crippen MR) is 94.3 cm³/mol. The summed E-state index contributed by atoms with van der Waals surface area (Å²) in [6.45, 7) is 1.80. The van der Waals surface area contributed by atoms with Crippen molar-refractivity contribution in [3.8, 4) is 11.5 Å². The maximum absolute atomic E-state index is 5.29. The largest absolute Gasteiger partial charge is 0.493 e. The first-order valence-electron chi connectivity index (χ1n) is 7.69. The summed E-state index contributed by atoms with van der Waals surface area (Å²) in [4.78, 5) is 6.54. The van der Waals surface area contributed by atoms with Crippen LogP contribution in [0.3, 0.4) is 0 Å². The topological polar surface area (TPSA) is 84.4 Å².